The van der Waals surface area contributed by atoms with Crippen LogP contribution in [0.2, 0.25) is 0 Å². The molecule has 0 fully saturated rings. The molecule has 1 rings (SSSR count). The SMILES string of the molecule is Cc1cc(S(F)(F)(F)(F)F)c(S(C)(=O)=O)cc1C(=O)N=C(N)N. The van der Waals surface area contributed by atoms with Crippen LogP contribution in [0.5, 0.6) is 0 Å². The first-order chi connectivity index (χ1) is 9.82. The summed E-state index contributed by atoms with van der Waals surface area (Å²) in [4.78, 5) is 10.4. The Kier molecular flexibility index (Phi) is 3.80. The minimum absolute atomic E-state index is 0.104. The van der Waals surface area contributed by atoms with Crippen LogP contribution in [-0.2, 0) is 9.84 Å². The molecule has 6 nitrogen and oxygen atoms in total. The number of aryl methyl sites for hydroxylation is 1. The number of sulfone groups is 1. The maximum Gasteiger partial charge on any atom is 0.311 e. The molecular weight excluding hydrogens is 369 g/mol. The number of nitrogens with two attached hydrogens (primary N) is 2. The molecule has 4 N–H and O–H groups in total. The highest BCUT2D eigenvalue weighted by atomic mass is 32.5. The molecule has 1 aromatic carbocycles. The Morgan fingerprint density at radius 3 is 1.96 bits per heavy atom. The quantitative estimate of drug-likeness (QED) is 0.474. The fourth-order valence-corrected chi connectivity index (χ4v) is 4.18. The summed E-state index contributed by atoms with van der Waals surface area (Å²) in [5.41, 5.74) is 8.67. The van der Waals surface area contributed by atoms with Gasteiger partial charge in [-0.1, -0.05) is 19.4 Å². The smallest absolute Gasteiger partial charge is 0.311 e. The van der Waals surface area contributed by atoms with Gasteiger partial charge in [0.25, 0.3) is 5.91 Å². The number of hydrogen-bond acceptors (Lipinski definition) is 3. The molecule has 0 bridgehead atoms. The van der Waals surface area contributed by atoms with Crippen molar-refractivity contribution in [2.45, 2.75) is 16.7 Å². The summed E-state index contributed by atoms with van der Waals surface area (Å²) in [7, 11) is -15.0. The van der Waals surface area contributed by atoms with Crippen molar-refractivity contribution in [3.8, 4) is 0 Å². The van der Waals surface area contributed by atoms with E-state index in [1.165, 1.54) is 0 Å². The van der Waals surface area contributed by atoms with Gasteiger partial charge in [-0.15, -0.1) is 0 Å². The average Bonchev–Trinajstić information content (AvgIpc) is 2.22. The number of rotatable bonds is 3. The molecule has 0 unspecified atom stereocenters. The molecule has 0 radical (unpaired) electrons. The number of hydrogen-bond donors (Lipinski definition) is 2. The molecule has 13 heteroatoms. The van der Waals surface area contributed by atoms with Gasteiger partial charge in [0, 0.05) is 11.8 Å². The van der Waals surface area contributed by atoms with Gasteiger partial charge in [-0.25, -0.2) is 8.42 Å². The molecule has 0 atom stereocenters. The fraction of sp³-hybridized carbons (Fsp3) is 0.200. The minimum atomic E-state index is -10.3. The third-order valence-electron chi connectivity index (χ3n) is 2.57. The monoisotopic (exact) mass is 381 g/mol. The van der Waals surface area contributed by atoms with Crippen LogP contribution in [0.3, 0.4) is 0 Å². The van der Waals surface area contributed by atoms with Gasteiger partial charge in [0.2, 0.25) is 0 Å². The highest BCUT2D eigenvalue weighted by molar-refractivity contribution is 8.45. The van der Waals surface area contributed by atoms with Crippen LogP contribution in [0.1, 0.15) is 15.9 Å². The van der Waals surface area contributed by atoms with Gasteiger partial charge in [-0.3, -0.25) is 4.79 Å². The standard InChI is InChI=1S/C10H12F5N3O3S2/c1-5-3-8(23(11,12,13,14)15)7(22(2,20)21)4-6(5)9(19)18-10(16)17/h3-4H,1-2H3,(H4,16,17,18,19). The van der Waals surface area contributed by atoms with Gasteiger partial charge in [-0.2, -0.15) is 4.99 Å². The van der Waals surface area contributed by atoms with Gasteiger partial charge < -0.3 is 11.5 Å². The van der Waals surface area contributed by atoms with Gasteiger partial charge in [0.05, 0.1) is 4.90 Å². The summed E-state index contributed by atoms with van der Waals surface area (Å²) in [5.74, 6) is -1.99. The Balaban J connectivity index is 3.92. The van der Waals surface area contributed by atoms with E-state index >= 15 is 0 Å². The van der Waals surface area contributed by atoms with E-state index in [9.17, 15) is 32.6 Å². The van der Waals surface area contributed by atoms with Crippen molar-refractivity contribution in [3.05, 3.63) is 23.3 Å². The lowest BCUT2D eigenvalue weighted by molar-refractivity contribution is 0.100. The van der Waals surface area contributed by atoms with E-state index < -0.39 is 52.8 Å². The van der Waals surface area contributed by atoms with Crippen LogP contribution in [0.25, 0.3) is 0 Å². The summed E-state index contributed by atoms with van der Waals surface area (Å²) in [6.45, 7) is 0.911. The molecule has 23 heavy (non-hydrogen) atoms. The average molecular weight is 381 g/mol. The van der Waals surface area contributed by atoms with Crippen molar-refractivity contribution < 1.29 is 32.6 Å². The number of nitrogens with zero attached hydrogens (tertiary/aromatic N) is 1. The lowest BCUT2D eigenvalue weighted by atomic mass is 10.1. The second-order valence-corrected chi connectivity index (χ2v) is 9.06. The highest BCUT2D eigenvalue weighted by Crippen LogP contribution is 3.02. The topological polar surface area (TPSA) is 116 Å². The van der Waals surface area contributed by atoms with E-state index in [4.69, 9.17) is 11.5 Å². The molecule has 0 saturated carbocycles. The van der Waals surface area contributed by atoms with Crippen LogP contribution in [0.15, 0.2) is 26.9 Å². The van der Waals surface area contributed by atoms with Gasteiger partial charge >= 0.3 is 10.2 Å². The summed E-state index contributed by atoms with van der Waals surface area (Å²) in [6.07, 6.45) is 0.305. The number of amides is 1. The maximum absolute atomic E-state index is 13.0. The molecule has 0 heterocycles. The van der Waals surface area contributed by atoms with E-state index in [1.807, 2.05) is 0 Å². The predicted molar refractivity (Wildman–Crippen MR) is 75.8 cm³/mol. The van der Waals surface area contributed by atoms with Crippen molar-refractivity contribution in [2.24, 2.45) is 16.5 Å². The molecule has 0 aliphatic carbocycles. The maximum atomic E-state index is 13.0. The second kappa shape index (κ2) is 4.56. The van der Waals surface area contributed by atoms with Crippen LogP contribution in [0.4, 0.5) is 19.4 Å². The first kappa shape index (κ1) is 19.2. The molecule has 0 spiro atoms. The third kappa shape index (κ3) is 4.54. The number of carbonyl (C=O) groups excluding carboxylic acids is 1. The van der Waals surface area contributed by atoms with E-state index in [0.717, 1.165) is 6.92 Å². The molecule has 0 aromatic heterocycles. The van der Waals surface area contributed by atoms with Crippen molar-refractivity contribution in [3.63, 3.8) is 0 Å². The normalized spacial score (nSPS) is 15.4. The molecule has 1 amide bonds. The Morgan fingerprint density at radius 2 is 1.61 bits per heavy atom. The Hall–Kier alpha value is -1.89. The molecule has 0 aliphatic rings. The summed E-state index contributed by atoms with van der Waals surface area (Å²) in [6, 6.07) is 0.0834. The van der Waals surface area contributed by atoms with E-state index in [1.54, 1.807) is 0 Å². The molecule has 132 valence electrons. The summed E-state index contributed by atoms with van der Waals surface area (Å²) < 4.78 is 88.2. The largest absolute Gasteiger partial charge is 0.370 e. The Morgan fingerprint density at radius 1 is 1.13 bits per heavy atom. The van der Waals surface area contributed by atoms with E-state index in [0.29, 0.717) is 6.26 Å². The number of guanidine groups is 1. The summed E-state index contributed by atoms with van der Waals surface area (Å²) in [5, 5.41) is 0. The first-order valence-corrected chi connectivity index (χ1v) is 9.40. The van der Waals surface area contributed by atoms with Crippen LogP contribution < -0.4 is 11.5 Å². The molecular formula is C10H12F5N3O3S2. The second-order valence-electron chi connectivity index (χ2n) is 4.70. The van der Waals surface area contributed by atoms with Gasteiger partial charge in [-0.05, 0) is 24.6 Å². The molecule has 0 aliphatic heterocycles. The molecule has 0 saturated heterocycles. The number of benzene rings is 1. The minimum Gasteiger partial charge on any atom is -0.370 e. The Labute approximate surface area is 128 Å². The number of carbonyl (C=O) groups is 1. The lowest BCUT2D eigenvalue weighted by Crippen LogP contribution is -2.24. The fourth-order valence-electron chi connectivity index (χ4n) is 1.66. The zero-order valence-corrected chi connectivity index (χ0v) is 13.3. The van der Waals surface area contributed by atoms with Crippen molar-refractivity contribution in [2.75, 3.05) is 6.26 Å². The zero-order chi connectivity index (χ0) is 18.5. The lowest BCUT2D eigenvalue weighted by Gasteiger charge is -2.41. The van der Waals surface area contributed by atoms with Crippen molar-refractivity contribution in [1.82, 2.24) is 0 Å². The van der Waals surface area contributed by atoms with E-state index in [-0.39, 0.29) is 12.1 Å². The Bertz CT molecular complexity index is 828. The predicted octanol–water partition coefficient (Wildman–Crippen LogP) is 2.47. The van der Waals surface area contributed by atoms with Crippen LogP contribution in [-0.4, -0.2) is 26.5 Å². The highest BCUT2D eigenvalue weighted by Gasteiger charge is 2.67. The number of halogens is 5. The molecule has 1 aromatic rings. The van der Waals surface area contributed by atoms with Gasteiger partial charge in [0.15, 0.2) is 15.8 Å². The van der Waals surface area contributed by atoms with Crippen molar-refractivity contribution in [1.29, 1.82) is 0 Å². The zero-order valence-electron chi connectivity index (χ0n) is 11.7. The third-order valence-corrected chi connectivity index (χ3v) is 5.00. The van der Waals surface area contributed by atoms with E-state index in [2.05, 4.69) is 4.99 Å². The van der Waals surface area contributed by atoms with Crippen LogP contribution >= 0.6 is 10.2 Å². The van der Waals surface area contributed by atoms with Gasteiger partial charge in [0.1, 0.15) is 4.90 Å². The van der Waals surface area contributed by atoms with Crippen LogP contribution in [0, 0.1) is 6.92 Å². The first-order valence-electron chi connectivity index (χ1n) is 5.55. The summed E-state index contributed by atoms with van der Waals surface area (Å²) >= 11 is 0. The number of aliphatic imine (C=N–C) groups is 1. The van der Waals surface area contributed by atoms with Crippen molar-refractivity contribution >= 4 is 31.9 Å².